The molecule has 0 aromatic heterocycles. The number of nitrogens with zero attached hydrogens (tertiary/aromatic N) is 1. The van der Waals surface area contributed by atoms with E-state index in [-0.39, 0.29) is 18.2 Å². The molecule has 0 aliphatic carbocycles. The first-order chi connectivity index (χ1) is 15.0. The Hall–Kier alpha value is -3.80. The number of hydrogen-bond donors (Lipinski definition) is 1. The Labute approximate surface area is 181 Å². The summed E-state index contributed by atoms with van der Waals surface area (Å²) in [6, 6.07) is 22.3. The minimum Gasteiger partial charge on any atom is -0.497 e. The van der Waals surface area contributed by atoms with E-state index in [1.807, 2.05) is 61.5 Å². The number of benzene rings is 3. The first kappa shape index (κ1) is 20.5. The summed E-state index contributed by atoms with van der Waals surface area (Å²) in [5, 5.41) is 2.90. The van der Waals surface area contributed by atoms with Gasteiger partial charge in [0.2, 0.25) is 11.8 Å². The number of methoxy groups -OCH3 is 1. The van der Waals surface area contributed by atoms with Gasteiger partial charge >= 0.3 is 0 Å². The van der Waals surface area contributed by atoms with Gasteiger partial charge in [0, 0.05) is 30.4 Å². The van der Waals surface area contributed by atoms with Gasteiger partial charge in [-0.3, -0.25) is 9.59 Å². The Morgan fingerprint density at radius 1 is 1.00 bits per heavy atom. The van der Waals surface area contributed by atoms with Crippen molar-refractivity contribution in [1.29, 1.82) is 0 Å². The summed E-state index contributed by atoms with van der Waals surface area (Å²) in [4.78, 5) is 26.8. The van der Waals surface area contributed by atoms with Crippen LogP contribution in [0.5, 0.6) is 17.2 Å². The van der Waals surface area contributed by atoms with Gasteiger partial charge in [0.05, 0.1) is 13.0 Å². The van der Waals surface area contributed by atoms with Gasteiger partial charge in [-0.15, -0.1) is 0 Å². The van der Waals surface area contributed by atoms with E-state index in [1.165, 1.54) is 0 Å². The maximum Gasteiger partial charge on any atom is 0.229 e. The fraction of sp³-hybridized carbons (Fsp3) is 0.200. The number of nitrogens with one attached hydrogen (secondary N) is 1. The maximum absolute atomic E-state index is 12.7. The third-order valence-corrected chi connectivity index (χ3v) is 5.30. The van der Waals surface area contributed by atoms with Crippen LogP contribution in [0.15, 0.2) is 72.8 Å². The zero-order valence-electron chi connectivity index (χ0n) is 17.5. The van der Waals surface area contributed by atoms with Crippen LogP contribution in [0, 0.1) is 12.8 Å². The van der Waals surface area contributed by atoms with Crippen molar-refractivity contribution < 1.29 is 19.1 Å². The average molecular weight is 416 g/mol. The maximum atomic E-state index is 12.7. The largest absolute Gasteiger partial charge is 0.497 e. The van der Waals surface area contributed by atoms with Crippen LogP contribution in [0.1, 0.15) is 12.0 Å². The smallest absolute Gasteiger partial charge is 0.229 e. The minimum absolute atomic E-state index is 0.0737. The summed E-state index contributed by atoms with van der Waals surface area (Å²) < 4.78 is 11.1. The first-order valence-corrected chi connectivity index (χ1v) is 10.1. The van der Waals surface area contributed by atoms with Gasteiger partial charge in [0.15, 0.2) is 0 Å². The Bertz CT molecular complexity index is 1090. The summed E-state index contributed by atoms with van der Waals surface area (Å²) in [7, 11) is 1.58. The highest BCUT2D eigenvalue weighted by Gasteiger charge is 2.35. The van der Waals surface area contributed by atoms with Crippen molar-refractivity contribution >= 4 is 23.2 Å². The molecule has 31 heavy (non-hydrogen) atoms. The third-order valence-electron chi connectivity index (χ3n) is 5.30. The summed E-state index contributed by atoms with van der Waals surface area (Å²) in [5.74, 6) is 1.49. The number of para-hydroxylation sites is 1. The molecule has 6 heteroatoms. The molecular weight excluding hydrogens is 392 g/mol. The van der Waals surface area contributed by atoms with E-state index in [2.05, 4.69) is 5.32 Å². The molecule has 1 heterocycles. The van der Waals surface area contributed by atoms with E-state index >= 15 is 0 Å². The predicted molar refractivity (Wildman–Crippen MR) is 120 cm³/mol. The van der Waals surface area contributed by atoms with Gasteiger partial charge in [-0.05, 0) is 55.0 Å². The molecular formula is C25H24N2O4. The van der Waals surface area contributed by atoms with Crippen LogP contribution in [0.3, 0.4) is 0 Å². The Morgan fingerprint density at radius 2 is 1.77 bits per heavy atom. The number of amides is 2. The Kier molecular flexibility index (Phi) is 5.89. The van der Waals surface area contributed by atoms with Crippen LogP contribution < -0.4 is 19.7 Å². The molecule has 4 rings (SSSR count). The van der Waals surface area contributed by atoms with E-state index in [1.54, 1.807) is 30.2 Å². The number of rotatable bonds is 6. The minimum atomic E-state index is -0.415. The molecule has 158 valence electrons. The van der Waals surface area contributed by atoms with E-state index in [9.17, 15) is 9.59 Å². The molecule has 1 N–H and O–H groups in total. The second-order valence-corrected chi connectivity index (χ2v) is 7.49. The van der Waals surface area contributed by atoms with Gasteiger partial charge in [0.25, 0.3) is 0 Å². The van der Waals surface area contributed by atoms with Crippen LogP contribution in [0.4, 0.5) is 11.4 Å². The Morgan fingerprint density at radius 3 is 2.52 bits per heavy atom. The van der Waals surface area contributed by atoms with E-state index in [4.69, 9.17) is 9.47 Å². The SMILES string of the molecule is COc1cccc(N2C[C@@H](C(=O)Nc3ccc(Oc4ccccc4C)cc3)CC2=O)c1. The number of ether oxygens (including phenoxy) is 2. The molecule has 1 aliphatic rings. The monoisotopic (exact) mass is 416 g/mol. The van der Waals surface area contributed by atoms with E-state index in [0.29, 0.717) is 23.7 Å². The number of hydrogen-bond acceptors (Lipinski definition) is 4. The molecule has 6 nitrogen and oxygen atoms in total. The standard InChI is InChI=1S/C25H24N2O4/c1-17-6-3-4-9-23(17)31-21-12-10-19(11-13-21)26-25(29)18-14-24(28)27(16-18)20-7-5-8-22(15-20)30-2/h3-13,15,18H,14,16H2,1-2H3,(H,26,29)/t18-/m0/s1. The van der Waals surface area contributed by atoms with Crippen molar-refractivity contribution in [2.24, 2.45) is 5.92 Å². The molecule has 1 saturated heterocycles. The quantitative estimate of drug-likeness (QED) is 0.628. The fourth-order valence-corrected chi connectivity index (χ4v) is 3.56. The topological polar surface area (TPSA) is 67.9 Å². The number of aryl methyl sites for hydroxylation is 1. The van der Waals surface area contributed by atoms with Gasteiger partial charge < -0.3 is 19.7 Å². The second-order valence-electron chi connectivity index (χ2n) is 7.49. The molecule has 3 aromatic carbocycles. The van der Waals surface area contributed by atoms with Crippen LogP contribution in [0.25, 0.3) is 0 Å². The van der Waals surface area contributed by atoms with Crippen LogP contribution in [0.2, 0.25) is 0 Å². The number of anilines is 2. The van der Waals surface area contributed by atoms with Crippen molar-refractivity contribution in [1.82, 2.24) is 0 Å². The Balaban J connectivity index is 1.38. The lowest BCUT2D eigenvalue weighted by Gasteiger charge is -2.17. The van der Waals surface area contributed by atoms with E-state index in [0.717, 1.165) is 17.0 Å². The zero-order chi connectivity index (χ0) is 21.8. The van der Waals surface area contributed by atoms with Gasteiger partial charge in [0.1, 0.15) is 17.2 Å². The normalized spacial score (nSPS) is 15.6. The number of carbonyl (C=O) groups is 2. The molecule has 0 bridgehead atoms. The molecule has 0 radical (unpaired) electrons. The van der Waals surface area contributed by atoms with Crippen molar-refractivity contribution in [3.63, 3.8) is 0 Å². The first-order valence-electron chi connectivity index (χ1n) is 10.1. The summed E-state index contributed by atoms with van der Waals surface area (Å²) in [6.07, 6.45) is 0.178. The molecule has 0 spiro atoms. The molecule has 1 aliphatic heterocycles. The predicted octanol–water partition coefficient (Wildman–Crippen LogP) is 4.79. The fourth-order valence-electron chi connectivity index (χ4n) is 3.56. The second kappa shape index (κ2) is 8.92. The van der Waals surface area contributed by atoms with E-state index < -0.39 is 5.92 Å². The van der Waals surface area contributed by atoms with Crippen LogP contribution >= 0.6 is 0 Å². The summed E-state index contributed by atoms with van der Waals surface area (Å²) in [5.41, 5.74) is 2.44. The van der Waals surface area contributed by atoms with Crippen molar-refractivity contribution in [2.75, 3.05) is 23.9 Å². The highest BCUT2D eigenvalue weighted by atomic mass is 16.5. The number of carbonyl (C=O) groups excluding carboxylic acids is 2. The molecule has 2 amide bonds. The molecule has 3 aromatic rings. The third kappa shape index (κ3) is 4.69. The molecule has 0 unspecified atom stereocenters. The zero-order valence-corrected chi connectivity index (χ0v) is 17.5. The van der Waals surface area contributed by atoms with Crippen molar-refractivity contribution in [3.05, 3.63) is 78.4 Å². The highest BCUT2D eigenvalue weighted by Crippen LogP contribution is 2.29. The molecule has 1 atom stereocenters. The lowest BCUT2D eigenvalue weighted by molar-refractivity contribution is -0.122. The molecule has 1 fully saturated rings. The molecule has 0 saturated carbocycles. The van der Waals surface area contributed by atoms with Crippen molar-refractivity contribution in [3.8, 4) is 17.2 Å². The lowest BCUT2D eigenvalue weighted by Crippen LogP contribution is -2.28. The van der Waals surface area contributed by atoms with Gasteiger partial charge in [-0.25, -0.2) is 0 Å². The summed E-state index contributed by atoms with van der Waals surface area (Å²) >= 11 is 0. The lowest BCUT2D eigenvalue weighted by atomic mass is 10.1. The van der Waals surface area contributed by atoms with Gasteiger partial charge in [-0.1, -0.05) is 24.3 Å². The van der Waals surface area contributed by atoms with Gasteiger partial charge in [-0.2, -0.15) is 0 Å². The van der Waals surface area contributed by atoms with Crippen molar-refractivity contribution in [2.45, 2.75) is 13.3 Å². The average Bonchev–Trinajstić information content (AvgIpc) is 3.18. The van der Waals surface area contributed by atoms with Crippen LogP contribution in [-0.2, 0) is 9.59 Å². The van der Waals surface area contributed by atoms with Crippen LogP contribution in [-0.4, -0.2) is 25.5 Å². The highest BCUT2D eigenvalue weighted by molar-refractivity contribution is 6.03. The summed E-state index contributed by atoms with van der Waals surface area (Å²) in [6.45, 7) is 2.33.